The number of benzene rings is 1. The fourth-order valence-corrected chi connectivity index (χ4v) is 2.03. The molecule has 1 atom stereocenters. The van der Waals surface area contributed by atoms with Gasteiger partial charge in [-0.05, 0) is 34.7 Å². The van der Waals surface area contributed by atoms with E-state index in [1.54, 1.807) is 18.3 Å². The lowest BCUT2D eigenvalue weighted by molar-refractivity contribution is 0.220. The van der Waals surface area contributed by atoms with Gasteiger partial charge in [0.1, 0.15) is 11.3 Å². The van der Waals surface area contributed by atoms with E-state index in [0.29, 0.717) is 11.1 Å². The van der Waals surface area contributed by atoms with Crippen molar-refractivity contribution in [3.63, 3.8) is 0 Å². The molecule has 0 bridgehead atoms. The molecule has 2 nitrogen and oxygen atoms in total. The van der Waals surface area contributed by atoms with Crippen LogP contribution in [-0.4, -0.2) is 10.1 Å². The number of pyridine rings is 1. The Bertz CT molecular complexity index is 522. The second-order valence-corrected chi connectivity index (χ2v) is 5.02. The molecule has 0 aliphatic carbocycles. The highest BCUT2D eigenvalue weighted by Crippen LogP contribution is 2.24. The molecule has 3 heteroatoms. The highest BCUT2D eigenvalue weighted by atomic mass is 35.5. The third kappa shape index (κ3) is 2.89. The van der Waals surface area contributed by atoms with Gasteiger partial charge in [0.05, 0.1) is 0 Å². The number of hydrogen-bond donors (Lipinski definition) is 1. The molecule has 1 N–H and O–H groups in total. The Morgan fingerprint density at radius 2 is 1.61 bits per heavy atom. The van der Waals surface area contributed by atoms with E-state index in [0.717, 1.165) is 11.1 Å². The molecule has 18 heavy (non-hydrogen) atoms. The van der Waals surface area contributed by atoms with Crippen LogP contribution >= 0.6 is 11.6 Å². The number of aliphatic hydroxyl groups excluding tert-OH is 1. The third-order valence-corrected chi connectivity index (χ3v) is 3.19. The molecule has 1 heterocycles. The predicted octanol–water partition coefficient (Wildman–Crippen LogP) is 3.94. The van der Waals surface area contributed by atoms with Gasteiger partial charge in [0.25, 0.3) is 0 Å². The minimum absolute atomic E-state index is 0.394. The standard InChI is InChI=1S/C15H16ClNO/c1-10(2)11-3-5-12(6-4-11)15(18)13-7-8-17-14(16)9-13/h3-10,15,18H,1-2H3. The molecule has 0 radical (unpaired) electrons. The minimum atomic E-state index is -0.660. The zero-order valence-corrected chi connectivity index (χ0v) is 11.2. The number of aliphatic hydroxyl groups is 1. The molecule has 0 saturated carbocycles. The molecule has 1 aromatic carbocycles. The normalized spacial score (nSPS) is 12.7. The van der Waals surface area contributed by atoms with Crippen molar-refractivity contribution in [3.05, 3.63) is 64.4 Å². The first-order valence-corrected chi connectivity index (χ1v) is 6.35. The molecule has 0 aliphatic rings. The summed E-state index contributed by atoms with van der Waals surface area (Å²) in [6.45, 7) is 4.29. The van der Waals surface area contributed by atoms with Crippen LogP contribution in [0, 0.1) is 0 Å². The van der Waals surface area contributed by atoms with Gasteiger partial charge < -0.3 is 5.11 Å². The fraction of sp³-hybridized carbons (Fsp3) is 0.267. The largest absolute Gasteiger partial charge is 0.384 e. The van der Waals surface area contributed by atoms with E-state index in [1.165, 1.54) is 5.56 Å². The summed E-state index contributed by atoms with van der Waals surface area (Å²) in [5.74, 6) is 0.492. The molecule has 0 fully saturated rings. The van der Waals surface area contributed by atoms with Gasteiger partial charge in [-0.2, -0.15) is 0 Å². The summed E-state index contributed by atoms with van der Waals surface area (Å²) in [5, 5.41) is 10.7. The zero-order chi connectivity index (χ0) is 13.1. The van der Waals surface area contributed by atoms with Crippen LogP contribution in [0.5, 0.6) is 0 Å². The first-order valence-electron chi connectivity index (χ1n) is 5.97. The van der Waals surface area contributed by atoms with Crippen LogP contribution in [0.4, 0.5) is 0 Å². The van der Waals surface area contributed by atoms with Crippen LogP contribution in [0.2, 0.25) is 5.15 Å². The summed E-state index contributed by atoms with van der Waals surface area (Å²) in [5.41, 5.74) is 2.88. The molecule has 2 rings (SSSR count). The summed E-state index contributed by atoms with van der Waals surface area (Å²) < 4.78 is 0. The Labute approximate surface area is 112 Å². The number of hydrogen-bond acceptors (Lipinski definition) is 2. The van der Waals surface area contributed by atoms with Crippen molar-refractivity contribution in [1.29, 1.82) is 0 Å². The van der Waals surface area contributed by atoms with E-state index in [4.69, 9.17) is 11.6 Å². The third-order valence-electron chi connectivity index (χ3n) is 2.99. The first-order chi connectivity index (χ1) is 8.58. The first kappa shape index (κ1) is 13.1. The number of halogens is 1. The Kier molecular flexibility index (Phi) is 4.00. The topological polar surface area (TPSA) is 33.1 Å². The fourth-order valence-electron chi connectivity index (χ4n) is 1.84. The predicted molar refractivity (Wildman–Crippen MR) is 73.8 cm³/mol. The molecule has 0 saturated heterocycles. The van der Waals surface area contributed by atoms with Crippen molar-refractivity contribution in [3.8, 4) is 0 Å². The quantitative estimate of drug-likeness (QED) is 0.849. The van der Waals surface area contributed by atoms with Gasteiger partial charge in [0.15, 0.2) is 0 Å². The Balaban J connectivity index is 2.26. The number of rotatable bonds is 3. The maximum absolute atomic E-state index is 10.3. The van der Waals surface area contributed by atoms with Crippen molar-refractivity contribution in [2.45, 2.75) is 25.9 Å². The average molecular weight is 262 g/mol. The summed E-state index contributed by atoms with van der Waals surface area (Å²) in [6.07, 6.45) is 0.940. The monoisotopic (exact) mass is 261 g/mol. The van der Waals surface area contributed by atoms with Gasteiger partial charge in [-0.15, -0.1) is 0 Å². The second-order valence-electron chi connectivity index (χ2n) is 4.64. The molecule has 1 aromatic heterocycles. The molecule has 0 aliphatic heterocycles. The van der Waals surface area contributed by atoms with Gasteiger partial charge in [-0.25, -0.2) is 4.98 Å². The number of nitrogens with zero attached hydrogens (tertiary/aromatic N) is 1. The lowest BCUT2D eigenvalue weighted by atomic mass is 9.97. The molecule has 0 spiro atoms. The zero-order valence-electron chi connectivity index (χ0n) is 10.5. The summed E-state index contributed by atoms with van der Waals surface area (Å²) in [4.78, 5) is 3.91. The van der Waals surface area contributed by atoms with Gasteiger partial charge >= 0.3 is 0 Å². The molecule has 0 amide bonds. The van der Waals surface area contributed by atoms with Gasteiger partial charge in [0.2, 0.25) is 0 Å². The maximum Gasteiger partial charge on any atom is 0.129 e. The van der Waals surface area contributed by atoms with E-state index in [-0.39, 0.29) is 0 Å². The van der Waals surface area contributed by atoms with Crippen LogP contribution in [0.15, 0.2) is 42.6 Å². The van der Waals surface area contributed by atoms with Gasteiger partial charge in [-0.3, -0.25) is 0 Å². The summed E-state index contributed by atoms with van der Waals surface area (Å²) in [6, 6.07) is 11.5. The van der Waals surface area contributed by atoms with Gasteiger partial charge in [-0.1, -0.05) is 49.7 Å². The van der Waals surface area contributed by atoms with Crippen molar-refractivity contribution >= 4 is 11.6 Å². The SMILES string of the molecule is CC(C)c1ccc(C(O)c2ccnc(Cl)c2)cc1. The van der Waals surface area contributed by atoms with E-state index < -0.39 is 6.10 Å². The van der Waals surface area contributed by atoms with Crippen molar-refractivity contribution < 1.29 is 5.11 Å². The van der Waals surface area contributed by atoms with Crippen LogP contribution in [0.3, 0.4) is 0 Å². The van der Waals surface area contributed by atoms with E-state index in [9.17, 15) is 5.11 Å². The second kappa shape index (κ2) is 5.51. The van der Waals surface area contributed by atoms with Crippen molar-refractivity contribution in [2.24, 2.45) is 0 Å². The maximum atomic E-state index is 10.3. The van der Waals surface area contributed by atoms with Crippen LogP contribution in [-0.2, 0) is 0 Å². The molecular formula is C15H16ClNO. The van der Waals surface area contributed by atoms with Crippen LogP contribution in [0.1, 0.15) is 42.6 Å². The smallest absolute Gasteiger partial charge is 0.129 e. The highest BCUT2D eigenvalue weighted by Gasteiger charge is 2.11. The van der Waals surface area contributed by atoms with E-state index >= 15 is 0 Å². The molecule has 2 aromatic rings. The molecular weight excluding hydrogens is 246 g/mol. The van der Waals surface area contributed by atoms with Crippen molar-refractivity contribution in [2.75, 3.05) is 0 Å². The van der Waals surface area contributed by atoms with Crippen LogP contribution < -0.4 is 0 Å². The van der Waals surface area contributed by atoms with Crippen molar-refractivity contribution in [1.82, 2.24) is 4.98 Å². The summed E-state index contributed by atoms with van der Waals surface area (Å²) >= 11 is 5.82. The minimum Gasteiger partial charge on any atom is -0.384 e. The Morgan fingerprint density at radius 3 is 2.17 bits per heavy atom. The number of aromatic nitrogens is 1. The average Bonchev–Trinajstić information content (AvgIpc) is 2.38. The van der Waals surface area contributed by atoms with Gasteiger partial charge in [0, 0.05) is 6.20 Å². The summed E-state index contributed by atoms with van der Waals surface area (Å²) in [7, 11) is 0. The lowest BCUT2D eigenvalue weighted by Crippen LogP contribution is -2.00. The van der Waals surface area contributed by atoms with E-state index in [2.05, 4.69) is 18.8 Å². The van der Waals surface area contributed by atoms with E-state index in [1.807, 2.05) is 24.3 Å². The highest BCUT2D eigenvalue weighted by molar-refractivity contribution is 6.29. The Morgan fingerprint density at radius 1 is 1.00 bits per heavy atom. The molecule has 94 valence electrons. The molecule has 1 unspecified atom stereocenters. The lowest BCUT2D eigenvalue weighted by Gasteiger charge is -2.13. The van der Waals surface area contributed by atoms with Crippen LogP contribution in [0.25, 0.3) is 0 Å². The Hall–Kier alpha value is -1.38.